The first kappa shape index (κ1) is 10.5. The Balaban J connectivity index is 2.59. The van der Waals surface area contributed by atoms with Crippen LogP contribution in [0.25, 0.3) is 0 Å². The number of nitrogens with one attached hydrogen (secondary N) is 1. The van der Waals surface area contributed by atoms with Crippen molar-refractivity contribution in [2.75, 3.05) is 0 Å². The molecule has 0 aromatic rings. The Hall–Kier alpha value is -0.560. The van der Waals surface area contributed by atoms with E-state index in [1.165, 1.54) is 0 Å². The molecule has 0 aliphatic heterocycles. The van der Waals surface area contributed by atoms with Crippen LogP contribution in [0.2, 0.25) is 0 Å². The van der Waals surface area contributed by atoms with Crippen LogP contribution in [0.1, 0.15) is 33.1 Å². The van der Waals surface area contributed by atoms with Gasteiger partial charge in [-0.15, -0.1) is 0 Å². The summed E-state index contributed by atoms with van der Waals surface area (Å²) in [6, 6.07) is 2.17. The topological polar surface area (TPSA) is 52.9 Å². The summed E-state index contributed by atoms with van der Waals surface area (Å²) in [5, 5.41) is 11.6. The van der Waals surface area contributed by atoms with Crippen LogP contribution >= 0.6 is 15.9 Å². The van der Waals surface area contributed by atoms with Crippen molar-refractivity contribution in [3.05, 3.63) is 0 Å². The Morgan fingerprint density at radius 1 is 1.62 bits per heavy atom. The molecule has 0 bridgehead atoms. The highest BCUT2D eigenvalue weighted by Crippen LogP contribution is 2.32. The van der Waals surface area contributed by atoms with Crippen LogP contribution in [-0.4, -0.2) is 15.8 Å². The SMILES string of the molecule is CC(C)(Br)C(=O)NC1(C#N)CCC1. The summed E-state index contributed by atoms with van der Waals surface area (Å²) >= 11 is 3.26. The maximum Gasteiger partial charge on any atom is 0.237 e. The van der Waals surface area contributed by atoms with Gasteiger partial charge in [-0.1, -0.05) is 15.9 Å². The fourth-order valence-electron chi connectivity index (χ4n) is 1.16. The van der Waals surface area contributed by atoms with Gasteiger partial charge in [0.25, 0.3) is 0 Å². The third-order valence-electron chi connectivity index (χ3n) is 2.31. The highest BCUT2D eigenvalue weighted by Gasteiger charge is 2.41. The Bertz CT molecular complexity index is 258. The van der Waals surface area contributed by atoms with Crippen molar-refractivity contribution >= 4 is 21.8 Å². The predicted molar refractivity (Wildman–Crippen MR) is 53.3 cm³/mol. The van der Waals surface area contributed by atoms with Gasteiger partial charge in [0.15, 0.2) is 0 Å². The molecule has 1 rings (SSSR count). The number of rotatable bonds is 2. The number of hydrogen-bond acceptors (Lipinski definition) is 2. The van der Waals surface area contributed by atoms with Crippen LogP contribution in [0, 0.1) is 11.3 Å². The van der Waals surface area contributed by atoms with Crippen LogP contribution in [-0.2, 0) is 4.79 Å². The third-order valence-corrected chi connectivity index (χ3v) is 2.67. The molecule has 0 radical (unpaired) electrons. The minimum absolute atomic E-state index is 0.117. The van der Waals surface area contributed by atoms with Crippen LogP contribution in [0.4, 0.5) is 0 Å². The molecule has 0 spiro atoms. The first-order valence-electron chi connectivity index (χ1n) is 4.32. The highest BCUT2D eigenvalue weighted by atomic mass is 79.9. The smallest absolute Gasteiger partial charge is 0.237 e. The van der Waals surface area contributed by atoms with E-state index in [1.54, 1.807) is 13.8 Å². The number of nitrogens with zero attached hydrogens (tertiary/aromatic N) is 1. The summed E-state index contributed by atoms with van der Waals surface area (Å²) in [5.41, 5.74) is -0.581. The van der Waals surface area contributed by atoms with Gasteiger partial charge in [0, 0.05) is 0 Å². The van der Waals surface area contributed by atoms with Gasteiger partial charge in [-0.05, 0) is 33.1 Å². The first-order valence-corrected chi connectivity index (χ1v) is 5.12. The van der Waals surface area contributed by atoms with Crippen molar-refractivity contribution in [2.24, 2.45) is 0 Å². The van der Waals surface area contributed by atoms with Gasteiger partial charge in [-0.3, -0.25) is 4.79 Å². The average molecular weight is 245 g/mol. The molecule has 13 heavy (non-hydrogen) atoms. The Kier molecular flexibility index (Phi) is 2.67. The molecule has 1 amide bonds. The first-order chi connectivity index (χ1) is 5.90. The molecule has 72 valence electrons. The van der Waals surface area contributed by atoms with Crippen molar-refractivity contribution in [1.29, 1.82) is 5.26 Å². The molecule has 0 aromatic carbocycles. The average Bonchev–Trinajstić information content (AvgIpc) is 1.94. The van der Waals surface area contributed by atoms with Gasteiger partial charge < -0.3 is 5.32 Å². The molecule has 4 heteroatoms. The van der Waals surface area contributed by atoms with Crippen LogP contribution in [0.3, 0.4) is 0 Å². The predicted octanol–water partition coefficient (Wildman–Crippen LogP) is 1.72. The lowest BCUT2D eigenvalue weighted by Crippen LogP contribution is -2.56. The monoisotopic (exact) mass is 244 g/mol. The number of amides is 1. The molecular formula is C9H13BrN2O. The van der Waals surface area contributed by atoms with Gasteiger partial charge in [0.2, 0.25) is 5.91 Å². The number of carbonyl (C=O) groups excluding carboxylic acids is 1. The van der Waals surface area contributed by atoms with Crippen molar-refractivity contribution < 1.29 is 4.79 Å². The molecule has 1 aliphatic carbocycles. The molecule has 1 saturated carbocycles. The van der Waals surface area contributed by atoms with Crippen LogP contribution < -0.4 is 5.32 Å². The molecule has 1 fully saturated rings. The zero-order valence-electron chi connectivity index (χ0n) is 7.85. The maximum absolute atomic E-state index is 11.5. The van der Waals surface area contributed by atoms with E-state index in [4.69, 9.17) is 5.26 Å². The van der Waals surface area contributed by atoms with E-state index in [0.29, 0.717) is 0 Å². The minimum Gasteiger partial charge on any atom is -0.337 e. The second kappa shape index (κ2) is 3.30. The zero-order valence-corrected chi connectivity index (χ0v) is 9.44. The number of nitriles is 1. The van der Waals surface area contributed by atoms with Gasteiger partial charge in [-0.2, -0.15) is 5.26 Å². The Morgan fingerprint density at radius 2 is 2.15 bits per heavy atom. The molecule has 0 heterocycles. The zero-order chi connectivity index (χ0) is 10.1. The summed E-state index contributed by atoms with van der Waals surface area (Å²) < 4.78 is -0.591. The van der Waals surface area contributed by atoms with E-state index >= 15 is 0 Å². The van der Waals surface area contributed by atoms with Crippen molar-refractivity contribution in [2.45, 2.75) is 43.0 Å². The molecule has 0 aromatic heterocycles. The van der Waals surface area contributed by atoms with Gasteiger partial charge in [-0.25, -0.2) is 0 Å². The number of halogens is 1. The van der Waals surface area contributed by atoms with Crippen LogP contribution in [0.15, 0.2) is 0 Å². The lowest BCUT2D eigenvalue weighted by atomic mass is 9.78. The maximum atomic E-state index is 11.5. The summed E-state index contributed by atoms with van der Waals surface area (Å²) in [6.45, 7) is 3.54. The Morgan fingerprint density at radius 3 is 2.38 bits per heavy atom. The second-order valence-electron chi connectivity index (χ2n) is 3.97. The summed E-state index contributed by atoms with van der Waals surface area (Å²) in [5.74, 6) is -0.117. The summed E-state index contributed by atoms with van der Waals surface area (Å²) in [6.07, 6.45) is 2.58. The van der Waals surface area contributed by atoms with Crippen molar-refractivity contribution in [1.82, 2.24) is 5.32 Å². The van der Waals surface area contributed by atoms with E-state index in [0.717, 1.165) is 19.3 Å². The molecule has 0 unspecified atom stereocenters. The quantitative estimate of drug-likeness (QED) is 0.753. The molecule has 0 atom stereocenters. The number of hydrogen-bond donors (Lipinski definition) is 1. The fourth-order valence-corrected chi connectivity index (χ4v) is 1.26. The molecule has 1 N–H and O–H groups in total. The Labute approximate surface area is 86.6 Å². The second-order valence-corrected chi connectivity index (χ2v) is 5.96. The normalized spacial score (nSPS) is 19.8. The van der Waals surface area contributed by atoms with E-state index in [1.807, 2.05) is 0 Å². The molecule has 1 aliphatic rings. The molecule has 3 nitrogen and oxygen atoms in total. The van der Waals surface area contributed by atoms with E-state index in [-0.39, 0.29) is 5.91 Å². The number of carbonyl (C=O) groups is 1. The lowest BCUT2D eigenvalue weighted by Gasteiger charge is -2.37. The van der Waals surface area contributed by atoms with E-state index in [2.05, 4.69) is 27.3 Å². The van der Waals surface area contributed by atoms with Crippen LogP contribution in [0.5, 0.6) is 0 Å². The molecular weight excluding hydrogens is 232 g/mol. The lowest BCUT2D eigenvalue weighted by molar-refractivity contribution is -0.124. The van der Waals surface area contributed by atoms with E-state index < -0.39 is 9.86 Å². The van der Waals surface area contributed by atoms with Gasteiger partial charge in [0.05, 0.1) is 10.4 Å². The standard InChI is InChI=1S/C9H13BrN2O/c1-8(2,10)7(13)12-9(6-11)4-3-5-9/h3-5H2,1-2H3,(H,12,13). The van der Waals surface area contributed by atoms with Crippen molar-refractivity contribution in [3.63, 3.8) is 0 Å². The molecule has 0 saturated heterocycles. The minimum atomic E-state index is -0.591. The van der Waals surface area contributed by atoms with Gasteiger partial charge >= 0.3 is 0 Å². The third kappa shape index (κ3) is 2.22. The fraction of sp³-hybridized carbons (Fsp3) is 0.778. The van der Waals surface area contributed by atoms with Crippen molar-refractivity contribution in [3.8, 4) is 6.07 Å². The summed E-state index contributed by atoms with van der Waals surface area (Å²) in [7, 11) is 0. The largest absolute Gasteiger partial charge is 0.337 e. The highest BCUT2D eigenvalue weighted by molar-refractivity contribution is 9.10. The van der Waals surface area contributed by atoms with E-state index in [9.17, 15) is 4.79 Å². The van der Waals surface area contributed by atoms with Gasteiger partial charge in [0.1, 0.15) is 5.54 Å². The summed E-state index contributed by atoms with van der Waals surface area (Å²) in [4.78, 5) is 11.5. The number of alkyl halides is 1.